The second kappa shape index (κ2) is 6.65. The molecule has 0 bridgehead atoms. The molecule has 0 aromatic rings. The molecule has 0 radical (unpaired) electrons. The summed E-state index contributed by atoms with van der Waals surface area (Å²) in [5.41, 5.74) is 0. The molecule has 1 atom stereocenters. The summed E-state index contributed by atoms with van der Waals surface area (Å²) in [5, 5.41) is 8.99. The summed E-state index contributed by atoms with van der Waals surface area (Å²) in [7, 11) is 1.96. The molecule has 3 heteroatoms. The predicted octanol–water partition coefficient (Wildman–Crippen LogP) is 1.09. The molecule has 0 aliphatic rings. The van der Waals surface area contributed by atoms with E-state index in [-0.39, 0.29) is 6.10 Å². The number of rotatable bonds is 5. The van der Waals surface area contributed by atoms with Gasteiger partial charge in [0.15, 0.2) is 0 Å². The van der Waals surface area contributed by atoms with E-state index in [4.69, 9.17) is 16.7 Å². The standard InChI is InChI=1S/C8H16ClNO/c1-8(11)7-10(2)6-4-3-5-9/h3-4,8,11H,5-7H2,1-2H3. The van der Waals surface area contributed by atoms with Gasteiger partial charge in [-0.3, -0.25) is 0 Å². The van der Waals surface area contributed by atoms with Crippen molar-refractivity contribution >= 4 is 11.6 Å². The molecule has 0 aromatic carbocycles. The fourth-order valence-corrected chi connectivity index (χ4v) is 0.969. The molecule has 0 heterocycles. The summed E-state index contributed by atoms with van der Waals surface area (Å²) in [4.78, 5) is 2.04. The maximum atomic E-state index is 8.99. The first-order valence-corrected chi connectivity index (χ1v) is 4.28. The van der Waals surface area contributed by atoms with Gasteiger partial charge in [0.05, 0.1) is 6.10 Å². The van der Waals surface area contributed by atoms with Crippen molar-refractivity contribution in [3.05, 3.63) is 12.2 Å². The van der Waals surface area contributed by atoms with Crippen molar-refractivity contribution in [3.63, 3.8) is 0 Å². The monoisotopic (exact) mass is 177 g/mol. The lowest BCUT2D eigenvalue weighted by Crippen LogP contribution is -2.27. The van der Waals surface area contributed by atoms with Gasteiger partial charge in [0, 0.05) is 19.0 Å². The van der Waals surface area contributed by atoms with Crippen LogP contribution in [0, 0.1) is 0 Å². The number of hydrogen-bond acceptors (Lipinski definition) is 2. The van der Waals surface area contributed by atoms with E-state index in [0.717, 1.165) is 6.54 Å². The fraction of sp³-hybridized carbons (Fsp3) is 0.750. The van der Waals surface area contributed by atoms with Gasteiger partial charge >= 0.3 is 0 Å². The van der Waals surface area contributed by atoms with E-state index >= 15 is 0 Å². The quantitative estimate of drug-likeness (QED) is 0.502. The molecule has 0 saturated carbocycles. The lowest BCUT2D eigenvalue weighted by atomic mass is 10.3. The van der Waals surface area contributed by atoms with Crippen LogP contribution in [0.4, 0.5) is 0 Å². The lowest BCUT2D eigenvalue weighted by molar-refractivity contribution is 0.147. The molecule has 11 heavy (non-hydrogen) atoms. The summed E-state index contributed by atoms with van der Waals surface area (Å²) in [6.07, 6.45) is 3.64. The Morgan fingerprint density at radius 2 is 2.18 bits per heavy atom. The lowest BCUT2D eigenvalue weighted by Gasteiger charge is -2.15. The molecule has 0 fully saturated rings. The highest BCUT2D eigenvalue weighted by molar-refractivity contribution is 6.18. The number of aliphatic hydroxyl groups is 1. The minimum absolute atomic E-state index is 0.260. The van der Waals surface area contributed by atoms with E-state index in [1.165, 1.54) is 0 Å². The third-order valence-electron chi connectivity index (χ3n) is 1.25. The van der Waals surface area contributed by atoms with E-state index in [2.05, 4.69) is 0 Å². The van der Waals surface area contributed by atoms with Gasteiger partial charge in [0.1, 0.15) is 0 Å². The predicted molar refractivity (Wildman–Crippen MR) is 49.0 cm³/mol. The number of nitrogens with zero attached hydrogens (tertiary/aromatic N) is 1. The van der Waals surface area contributed by atoms with Gasteiger partial charge in [-0.05, 0) is 14.0 Å². The minimum atomic E-state index is -0.260. The molecule has 1 N–H and O–H groups in total. The second-order valence-corrected chi connectivity index (χ2v) is 3.00. The Kier molecular flexibility index (Phi) is 6.62. The average molecular weight is 178 g/mol. The molecular formula is C8H16ClNO. The third-order valence-corrected chi connectivity index (χ3v) is 1.43. The summed E-state index contributed by atoms with van der Waals surface area (Å²) in [5.74, 6) is 0.558. The largest absolute Gasteiger partial charge is 0.392 e. The smallest absolute Gasteiger partial charge is 0.0639 e. The number of likely N-dealkylation sites (N-methyl/N-ethyl adjacent to an activating group) is 1. The van der Waals surface area contributed by atoms with Crippen molar-refractivity contribution in [1.82, 2.24) is 4.90 Å². The molecule has 1 unspecified atom stereocenters. The van der Waals surface area contributed by atoms with Gasteiger partial charge in [0.2, 0.25) is 0 Å². The zero-order chi connectivity index (χ0) is 8.69. The normalized spacial score (nSPS) is 14.6. The van der Waals surface area contributed by atoms with Crippen LogP contribution in [0.15, 0.2) is 12.2 Å². The van der Waals surface area contributed by atoms with Crippen LogP contribution in [0.25, 0.3) is 0 Å². The molecule has 66 valence electrons. The Morgan fingerprint density at radius 3 is 2.64 bits per heavy atom. The summed E-state index contributed by atoms with van der Waals surface area (Å²) in [6, 6.07) is 0. The van der Waals surface area contributed by atoms with Gasteiger partial charge in [-0.1, -0.05) is 12.2 Å². The van der Waals surface area contributed by atoms with Crippen molar-refractivity contribution < 1.29 is 5.11 Å². The Morgan fingerprint density at radius 1 is 1.55 bits per heavy atom. The molecule has 0 aliphatic carbocycles. The Bertz CT molecular complexity index is 115. The first-order valence-electron chi connectivity index (χ1n) is 3.74. The van der Waals surface area contributed by atoms with Crippen LogP contribution in [-0.4, -0.2) is 42.1 Å². The highest BCUT2D eigenvalue weighted by Gasteiger charge is 1.98. The van der Waals surface area contributed by atoms with Gasteiger partial charge < -0.3 is 10.0 Å². The highest BCUT2D eigenvalue weighted by atomic mass is 35.5. The summed E-state index contributed by atoms with van der Waals surface area (Å²) in [6.45, 7) is 3.33. The number of alkyl halides is 1. The van der Waals surface area contributed by atoms with Gasteiger partial charge in [0.25, 0.3) is 0 Å². The average Bonchev–Trinajstić information content (AvgIpc) is 1.86. The Balaban J connectivity index is 3.36. The van der Waals surface area contributed by atoms with Crippen LogP contribution < -0.4 is 0 Å². The SMILES string of the molecule is CC(O)CN(C)CC=CCCl. The second-order valence-electron chi connectivity index (χ2n) is 2.70. The molecule has 0 spiro atoms. The molecule has 0 aliphatic heterocycles. The summed E-state index contributed by atoms with van der Waals surface area (Å²) < 4.78 is 0. The van der Waals surface area contributed by atoms with Crippen molar-refractivity contribution in [1.29, 1.82) is 0 Å². The van der Waals surface area contributed by atoms with Crippen molar-refractivity contribution in [3.8, 4) is 0 Å². The summed E-state index contributed by atoms with van der Waals surface area (Å²) >= 11 is 5.44. The van der Waals surface area contributed by atoms with E-state index in [1.54, 1.807) is 6.92 Å². The number of halogens is 1. The van der Waals surface area contributed by atoms with Crippen molar-refractivity contribution in [2.45, 2.75) is 13.0 Å². The Hall–Kier alpha value is -0.0500. The number of allylic oxidation sites excluding steroid dienone is 1. The molecule has 0 aromatic heterocycles. The van der Waals surface area contributed by atoms with Crippen LogP contribution in [0.1, 0.15) is 6.92 Å². The molecular weight excluding hydrogens is 162 g/mol. The van der Waals surface area contributed by atoms with Crippen molar-refractivity contribution in [2.75, 3.05) is 26.0 Å². The molecule has 0 rings (SSSR count). The first kappa shape index (κ1) is 11.0. The Labute approximate surface area is 73.5 Å². The topological polar surface area (TPSA) is 23.5 Å². The highest BCUT2D eigenvalue weighted by Crippen LogP contribution is 1.88. The molecule has 0 amide bonds. The van der Waals surface area contributed by atoms with E-state index in [9.17, 15) is 0 Å². The van der Waals surface area contributed by atoms with E-state index in [1.807, 2.05) is 24.1 Å². The van der Waals surface area contributed by atoms with E-state index < -0.39 is 0 Å². The maximum absolute atomic E-state index is 8.99. The zero-order valence-electron chi connectivity index (χ0n) is 7.13. The van der Waals surface area contributed by atoms with Crippen LogP contribution in [0.3, 0.4) is 0 Å². The number of hydrogen-bond donors (Lipinski definition) is 1. The van der Waals surface area contributed by atoms with Crippen LogP contribution >= 0.6 is 11.6 Å². The van der Waals surface area contributed by atoms with Crippen LogP contribution in [-0.2, 0) is 0 Å². The fourth-order valence-electron chi connectivity index (χ4n) is 0.843. The maximum Gasteiger partial charge on any atom is 0.0639 e. The van der Waals surface area contributed by atoms with Crippen LogP contribution in [0.5, 0.6) is 0 Å². The molecule has 0 saturated heterocycles. The third kappa shape index (κ3) is 7.85. The zero-order valence-corrected chi connectivity index (χ0v) is 7.88. The van der Waals surface area contributed by atoms with E-state index in [0.29, 0.717) is 12.4 Å². The van der Waals surface area contributed by atoms with Crippen molar-refractivity contribution in [2.24, 2.45) is 0 Å². The molecule has 2 nitrogen and oxygen atoms in total. The number of aliphatic hydroxyl groups excluding tert-OH is 1. The van der Waals surface area contributed by atoms with Gasteiger partial charge in [-0.25, -0.2) is 0 Å². The van der Waals surface area contributed by atoms with Gasteiger partial charge in [-0.15, -0.1) is 11.6 Å². The minimum Gasteiger partial charge on any atom is -0.392 e. The van der Waals surface area contributed by atoms with Gasteiger partial charge in [-0.2, -0.15) is 0 Å². The van der Waals surface area contributed by atoms with Crippen LogP contribution in [0.2, 0.25) is 0 Å². The first-order chi connectivity index (χ1) is 5.16.